The van der Waals surface area contributed by atoms with Crippen LogP contribution in [0, 0.1) is 76.2 Å². The second-order valence-corrected chi connectivity index (χ2v) is 17.5. The Kier molecular flexibility index (Phi) is 24.8. The maximum absolute atomic E-state index is 2.30. The normalized spacial score (nSPS) is 10.1. The number of rotatable bonds is 5. The maximum Gasteiger partial charge on any atom is -0.0132 e. The summed E-state index contributed by atoms with van der Waals surface area (Å²) in [4.78, 5) is 0. The Balaban J connectivity index is 0.000000357. The maximum atomic E-state index is 2.30. The van der Waals surface area contributed by atoms with Crippen molar-refractivity contribution in [3.05, 3.63) is 211 Å². The molecule has 0 heteroatoms. The van der Waals surface area contributed by atoms with Crippen LogP contribution in [-0.4, -0.2) is 0 Å². The second-order valence-electron chi connectivity index (χ2n) is 17.5. The zero-order valence-electron chi connectivity index (χ0n) is 40.7. The molecule has 0 nitrogen and oxygen atoms in total. The highest BCUT2D eigenvalue weighted by molar-refractivity contribution is 5.38. The lowest BCUT2D eigenvalue weighted by molar-refractivity contribution is 0.590. The third-order valence-corrected chi connectivity index (χ3v) is 10.6. The highest BCUT2D eigenvalue weighted by Gasteiger charge is 2.12. The Bertz CT molecular complexity index is 1930. The van der Waals surface area contributed by atoms with Crippen LogP contribution in [0.4, 0.5) is 0 Å². The van der Waals surface area contributed by atoms with Crippen LogP contribution >= 0.6 is 0 Å². The quantitative estimate of drug-likeness (QED) is 0.163. The van der Waals surface area contributed by atoms with Crippen molar-refractivity contribution in [3.63, 3.8) is 0 Å². The van der Waals surface area contributed by atoms with E-state index < -0.39 is 0 Å². The summed E-state index contributed by atoms with van der Waals surface area (Å²) in [7, 11) is 0. The summed E-state index contributed by atoms with van der Waals surface area (Å²) >= 11 is 0. The summed E-state index contributed by atoms with van der Waals surface area (Å²) in [5, 5.41) is 0. The summed E-state index contributed by atoms with van der Waals surface area (Å²) in [5.41, 5.74) is 21.3. The van der Waals surface area contributed by atoms with Gasteiger partial charge < -0.3 is 0 Å². The van der Waals surface area contributed by atoms with E-state index in [0.717, 1.165) is 12.8 Å². The van der Waals surface area contributed by atoms with E-state index in [2.05, 4.69) is 227 Å². The summed E-state index contributed by atoms with van der Waals surface area (Å²) in [5.74, 6) is 0. The molecule has 0 aliphatic rings. The lowest BCUT2D eigenvalue weighted by Gasteiger charge is -2.18. The van der Waals surface area contributed by atoms with Crippen LogP contribution in [0.25, 0.3) is 0 Å². The van der Waals surface area contributed by atoms with Crippen molar-refractivity contribution in [2.45, 2.75) is 155 Å². The van der Waals surface area contributed by atoms with Gasteiger partial charge in [-0.2, -0.15) is 0 Å². The largest absolute Gasteiger partial charge is 0.0654 e. The molecule has 0 saturated carbocycles. The molecule has 0 aromatic heterocycles. The van der Waals surface area contributed by atoms with Crippen molar-refractivity contribution < 1.29 is 0 Å². The summed E-state index contributed by atoms with van der Waals surface area (Å²) in [6, 6.07) is 45.4. The van der Waals surface area contributed by atoms with Crippen LogP contribution in [0.3, 0.4) is 0 Å². The van der Waals surface area contributed by atoms with Crippen molar-refractivity contribution in [2.75, 3.05) is 0 Å². The lowest BCUT2D eigenvalue weighted by Crippen LogP contribution is -2.10. The molecule has 318 valence electrons. The molecule has 0 N–H and O–H groups in total. The van der Waals surface area contributed by atoms with Gasteiger partial charge in [0.25, 0.3) is 0 Å². The van der Waals surface area contributed by atoms with Gasteiger partial charge in [-0.15, -0.1) is 0 Å². The third kappa shape index (κ3) is 22.3. The minimum absolute atomic E-state index is 0.285. The van der Waals surface area contributed by atoms with Crippen LogP contribution in [0.1, 0.15) is 138 Å². The molecule has 0 heterocycles. The van der Waals surface area contributed by atoms with Gasteiger partial charge in [-0.1, -0.05) is 214 Å². The Hall–Kier alpha value is -4.68. The predicted molar refractivity (Wildman–Crippen MR) is 267 cm³/mol. The molecule has 0 spiro atoms. The van der Waals surface area contributed by atoms with Gasteiger partial charge in [0.05, 0.1) is 0 Å². The van der Waals surface area contributed by atoms with Gasteiger partial charge >= 0.3 is 0 Å². The molecule has 6 aromatic carbocycles. The standard InChI is InChI=1S/C12H18.2C11H16.C10H14.C8H10.C7H8/c1-5-11-7-9(3)8-12(6-2)10(11)4;1-9-5-7-10(8-6-9)11(2,3)4;1-3-4-5-11-8-6-10(2)7-9-11;1-7-5-8(2)10(4)9(3)6-7;1-7-3-5-8(2)6-4-7;1-7-5-3-2-4-6-7/h7-8H,5-6H2,1-4H3;5-8H,1-4H3;6-9H,3-5H2,1-2H3;5-6H,1-4H3;3-6H,1-2H3;2-6H,1H3. The molecule has 0 aliphatic heterocycles. The molecule has 59 heavy (non-hydrogen) atoms. The number of aryl methyl sites for hydroxylation is 12. The fourth-order valence-electron chi connectivity index (χ4n) is 6.36. The van der Waals surface area contributed by atoms with Crippen LogP contribution in [0.5, 0.6) is 0 Å². The van der Waals surface area contributed by atoms with Gasteiger partial charge in [0, 0.05) is 0 Å². The number of benzene rings is 6. The van der Waals surface area contributed by atoms with E-state index in [4.69, 9.17) is 0 Å². The first kappa shape index (κ1) is 52.3. The van der Waals surface area contributed by atoms with Crippen LogP contribution in [0.15, 0.2) is 127 Å². The molecular weight excluding hydrogens is 709 g/mol. The van der Waals surface area contributed by atoms with Crippen molar-refractivity contribution in [1.29, 1.82) is 0 Å². The number of hydrogen-bond acceptors (Lipinski definition) is 0. The van der Waals surface area contributed by atoms with Gasteiger partial charge in [-0.05, 0) is 152 Å². The molecule has 0 fully saturated rings. The molecule has 0 bridgehead atoms. The molecule has 0 radical (unpaired) electrons. The monoisotopic (exact) mass is 791 g/mol. The molecular formula is C59H82. The average Bonchev–Trinajstić information content (AvgIpc) is 3.20. The van der Waals surface area contributed by atoms with Gasteiger partial charge in [0.1, 0.15) is 0 Å². The van der Waals surface area contributed by atoms with Crippen LogP contribution in [-0.2, 0) is 24.7 Å². The highest BCUT2D eigenvalue weighted by Crippen LogP contribution is 2.22. The first-order chi connectivity index (χ1) is 27.8. The van der Waals surface area contributed by atoms with Crippen molar-refractivity contribution in [1.82, 2.24) is 0 Å². The Labute approximate surface area is 364 Å². The van der Waals surface area contributed by atoms with Crippen LogP contribution < -0.4 is 0 Å². The van der Waals surface area contributed by atoms with Gasteiger partial charge in [0.2, 0.25) is 0 Å². The van der Waals surface area contributed by atoms with Crippen molar-refractivity contribution in [3.8, 4) is 0 Å². The topological polar surface area (TPSA) is 0 Å². The van der Waals surface area contributed by atoms with Crippen LogP contribution in [0.2, 0.25) is 0 Å². The first-order valence-electron chi connectivity index (χ1n) is 22.1. The van der Waals surface area contributed by atoms with E-state index in [9.17, 15) is 0 Å². The fraction of sp³-hybridized carbons (Fsp3) is 0.390. The Morgan fingerprint density at radius 3 is 1.07 bits per heavy atom. The first-order valence-corrected chi connectivity index (χ1v) is 22.1. The minimum Gasteiger partial charge on any atom is -0.0654 e. The summed E-state index contributed by atoms with van der Waals surface area (Å²) < 4.78 is 0. The zero-order valence-corrected chi connectivity index (χ0v) is 40.7. The van der Waals surface area contributed by atoms with E-state index in [1.54, 1.807) is 0 Å². The Morgan fingerprint density at radius 1 is 0.373 bits per heavy atom. The molecule has 6 rings (SSSR count). The van der Waals surface area contributed by atoms with E-state index in [0.29, 0.717) is 0 Å². The van der Waals surface area contributed by atoms with Gasteiger partial charge in [0.15, 0.2) is 0 Å². The van der Waals surface area contributed by atoms with E-state index >= 15 is 0 Å². The molecule has 0 atom stereocenters. The lowest BCUT2D eigenvalue weighted by atomic mass is 9.87. The minimum atomic E-state index is 0.285. The number of unbranched alkanes of at least 4 members (excludes halogenated alkanes) is 1. The van der Waals surface area contributed by atoms with Crippen molar-refractivity contribution >= 4 is 0 Å². The molecule has 0 aliphatic carbocycles. The highest BCUT2D eigenvalue weighted by atomic mass is 14.2. The van der Waals surface area contributed by atoms with E-state index in [-0.39, 0.29) is 5.41 Å². The second kappa shape index (κ2) is 27.9. The SMILES string of the molecule is CCCCc1ccc(C)cc1.CCc1cc(C)cc(CC)c1C.Cc1cc(C)c(C)c(C)c1.Cc1ccc(C(C)(C)C)cc1.Cc1ccc(C)cc1.Cc1ccccc1. The molecule has 0 amide bonds. The van der Waals surface area contributed by atoms with Crippen molar-refractivity contribution in [2.24, 2.45) is 0 Å². The average molecular weight is 791 g/mol. The van der Waals surface area contributed by atoms with E-state index in [1.807, 2.05) is 18.2 Å². The fourth-order valence-corrected chi connectivity index (χ4v) is 6.36. The molecule has 0 unspecified atom stereocenters. The van der Waals surface area contributed by atoms with Gasteiger partial charge in [-0.3, -0.25) is 0 Å². The molecule has 6 aromatic rings. The number of hydrogen-bond donors (Lipinski definition) is 0. The Morgan fingerprint density at radius 2 is 0.729 bits per heavy atom. The molecule has 0 saturated heterocycles. The summed E-state index contributed by atoms with van der Waals surface area (Å²) in [6.45, 7) is 36.9. The predicted octanol–water partition coefficient (Wildman–Crippen LogP) is 17.3. The smallest absolute Gasteiger partial charge is 0.0132 e. The zero-order chi connectivity index (χ0) is 44.5. The third-order valence-electron chi connectivity index (χ3n) is 10.6. The summed E-state index contributed by atoms with van der Waals surface area (Å²) in [6.07, 6.45) is 6.13. The van der Waals surface area contributed by atoms with Gasteiger partial charge in [-0.25, -0.2) is 0 Å². The van der Waals surface area contributed by atoms with E-state index in [1.165, 1.54) is 103 Å².